The highest BCUT2D eigenvalue weighted by atomic mass is 32.2. The molecule has 0 saturated carbocycles. The highest BCUT2D eigenvalue weighted by Crippen LogP contribution is 2.36. The van der Waals surface area contributed by atoms with Crippen LogP contribution in [0.5, 0.6) is 0 Å². The van der Waals surface area contributed by atoms with Gasteiger partial charge in [0.1, 0.15) is 5.69 Å². The van der Waals surface area contributed by atoms with Crippen molar-refractivity contribution in [2.75, 3.05) is 23.8 Å². The van der Waals surface area contributed by atoms with Gasteiger partial charge in [0.05, 0.1) is 22.0 Å². The molecule has 1 atom stereocenters. The van der Waals surface area contributed by atoms with E-state index in [0.29, 0.717) is 22.5 Å². The van der Waals surface area contributed by atoms with E-state index in [0.717, 1.165) is 36.6 Å². The number of aryl methyl sites for hydroxylation is 2. The molecule has 1 aromatic rings. The quantitative estimate of drug-likeness (QED) is 0.760. The van der Waals surface area contributed by atoms with Gasteiger partial charge in [-0.15, -0.1) is 23.5 Å². The first kappa shape index (κ1) is 18.5. The number of nitrogens with zero attached hydrogens (tertiary/aromatic N) is 3. The van der Waals surface area contributed by atoms with E-state index >= 15 is 0 Å². The van der Waals surface area contributed by atoms with Crippen LogP contribution in [0.2, 0.25) is 0 Å². The molecule has 1 aromatic heterocycles. The molecule has 0 aliphatic carbocycles. The Hall–Kier alpha value is -0.820. The fraction of sp³-hybridized carbons (Fsp3) is 0.750. The Bertz CT molecular complexity index is 540. The minimum Gasteiger partial charge on any atom is -0.395 e. The van der Waals surface area contributed by atoms with Gasteiger partial charge in [-0.05, 0) is 38.2 Å². The van der Waals surface area contributed by atoms with Crippen LogP contribution >= 0.6 is 23.5 Å². The Morgan fingerprint density at radius 3 is 2.57 bits per heavy atom. The standard InChI is InChI=1S/C16H28N4OS2/c1-5-20-14(13(17)11(4)18-20)15(21)19-10-8-9-12(19)16(22-6-2)23-7-3/h12,16H,5-10,17H2,1-4H3/t12-/m0/s1. The van der Waals surface area contributed by atoms with Crippen LogP contribution in [-0.4, -0.2) is 49.3 Å². The van der Waals surface area contributed by atoms with Gasteiger partial charge in [-0.25, -0.2) is 0 Å². The molecular formula is C16H28N4OS2. The van der Waals surface area contributed by atoms with E-state index < -0.39 is 0 Å². The normalized spacial score (nSPS) is 18.1. The molecule has 130 valence electrons. The van der Waals surface area contributed by atoms with Crippen molar-refractivity contribution < 1.29 is 4.79 Å². The van der Waals surface area contributed by atoms with E-state index in [1.54, 1.807) is 4.68 Å². The second-order valence-electron chi connectivity index (χ2n) is 5.65. The van der Waals surface area contributed by atoms with Crippen molar-refractivity contribution >= 4 is 35.1 Å². The molecule has 1 aliphatic rings. The number of anilines is 1. The largest absolute Gasteiger partial charge is 0.395 e. The lowest BCUT2D eigenvalue weighted by Gasteiger charge is -2.31. The molecule has 0 unspecified atom stereocenters. The summed E-state index contributed by atoms with van der Waals surface area (Å²) >= 11 is 3.90. The molecule has 5 nitrogen and oxygen atoms in total. The molecule has 1 amide bonds. The first-order chi connectivity index (χ1) is 11.0. The van der Waals surface area contributed by atoms with Crippen molar-refractivity contribution in [2.45, 2.75) is 57.7 Å². The van der Waals surface area contributed by atoms with Gasteiger partial charge >= 0.3 is 0 Å². The maximum absolute atomic E-state index is 13.2. The van der Waals surface area contributed by atoms with Gasteiger partial charge in [-0.1, -0.05) is 13.8 Å². The first-order valence-corrected chi connectivity index (χ1v) is 10.5. The zero-order valence-electron chi connectivity index (χ0n) is 14.5. The lowest BCUT2D eigenvalue weighted by Crippen LogP contribution is -2.41. The third kappa shape index (κ3) is 3.82. The van der Waals surface area contributed by atoms with E-state index in [4.69, 9.17) is 5.73 Å². The van der Waals surface area contributed by atoms with Gasteiger partial charge < -0.3 is 10.6 Å². The van der Waals surface area contributed by atoms with Crippen LogP contribution in [0.25, 0.3) is 0 Å². The van der Waals surface area contributed by atoms with Gasteiger partial charge in [0.2, 0.25) is 0 Å². The number of hydrogen-bond donors (Lipinski definition) is 1. The van der Waals surface area contributed by atoms with E-state index in [1.807, 2.05) is 42.3 Å². The lowest BCUT2D eigenvalue weighted by molar-refractivity contribution is 0.0734. The number of hydrogen-bond acceptors (Lipinski definition) is 5. The van der Waals surface area contributed by atoms with Gasteiger partial charge in [0.15, 0.2) is 0 Å². The Labute approximate surface area is 147 Å². The number of nitrogens with two attached hydrogens (primary N) is 1. The Morgan fingerprint density at radius 1 is 1.35 bits per heavy atom. The van der Waals surface area contributed by atoms with E-state index in [1.165, 1.54) is 0 Å². The SMILES string of the molecule is CCSC(SCC)[C@@H]1CCCN1C(=O)c1c(N)c(C)nn1CC. The number of likely N-dealkylation sites (tertiary alicyclic amines) is 1. The molecule has 2 heterocycles. The number of thioether (sulfide) groups is 2. The smallest absolute Gasteiger partial charge is 0.274 e. The summed E-state index contributed by atoms with van der Waals surface area (Å²) in [6, 6.07) is 0.289. The maximum Gasteiger partial charge on any atom is 0.274 e. The highest BCUT2D eigenvalue weighted by Gasteiger charge is 2.37. The van der Waals surface area contributed by atoms with Crippen molar-refractivity contribution in [3.8, 4) is 0 Å². The average Bonchev–Trinajstić information content (AvgIpc) is 3.12. The molecule has 1 aliphatic heterocycles. The Balaban J connectivity index is 2.27. The summed E-state index contributed by atoms with van der Waals surface area (Å²) in [6.07, 6.45) is 2.15. The van der Waals surface area contributed by atoms with Gasteiger partial charge in [-0.3, -0.25) is 9.48 Å². The number of nitrogen functional groups attached to an aromatic ring is 1. The molecule has 2 rings (SSSR count). The van der Waals surface area contributed by atoms with Gasteiger partial charge in [-0.2, -0.15) is 5.10 Å². The number of amides is 1. The summed E-state index contributed by atoms with van der Waals surface area (Å²) < 4.78 is 2.19. The fourth-order valence-electron chi connectivity index (χ4n) is 3.11. The molecule has 1 saturated heterocycles. The third-order valence-corrected chi connectivity index (χ3v) is 6.98. The van der Waals surface area contributed by atoms with Crippen LogP contribution < -0.4 is 5.73 Å². The summed E-state index contributed by atoms with van der Waals surface area (Å²) in [6.45, 7) is 9.70. The molecule has 0 radical (unpaired) electrons. The second kappa shape index (κ2) is 8.33. The molecule has 0 spiro atoms. The number of aromatic nitrogens is 2. The molecule has 2 N–H and O–H groups in total. The number of carbonyl (C=O) groups excluding carboxylic acids is 1. The summed E-state index contributed by atoms with van der Waals surface area (Å²) in [7, 11) is 0. The van der Waals surface area contributed by atoms with Gasteiger partial charge in [0.25, 0.3) is 5.91 Å². The summed E-state index contributed by atoms with van der Waals surface area (Å²) in [5.41, 5.74) is 7.99. The fourth-order valence-corrected chi connectivity index (χ4v) is 5.98. The predicted molar refractivity (Wildman–Crippen MR) is 101 cm³/mol. The summed E-state index contributed by atoms with van der Waals surface area (Å²) in [5.74, 6) is 2.19. The summed E-state index contributed by atoms with van der Waals surface area (Å²) in [4.78, 5) is 15.2. The minimum absolute atomic E-state index is 0.0471. The Kier molecular flexibility index (Phi) is 6.71. The molecule has 1 fully saturated rings. The number of carbonyl (C=O) groups is 1. The van der Waals surface area contributed by atoms with Crippen LogP contribution in [0.3, 0.4) is 0 Å². The van der Waals surface area contributed by atoms with Crippen LogP contribution in [0.1, 0.15) is 49.8 Å². The maximum atomic E-state index is 13.2. The monoisotopic (exact) mass is 356 g/mol. The lowest BCUT2D eigenvalue weighted by atomic mass is 10.2. The van der Waals surface area contributed by atoms with Crippen LogP contribution in [0.15, 0.2) is 0 Å². The van der Waals surface area contributed by atoms with Crippen molar-refractivity contribution in [3.05, 3.63) is 11.4 Å². The van der Waals surface area contributed by atoms with Crippen LogP contribution in [-0.2, 0) is 6.54 Å². The molecular weight excluding hydrogens is 328 g/mol. The topological polar surface area (TPSA) is 64.2 Å². The molecule has 0 bridgehead atoms. The van der Waals surface area contributed by atoms with Crippen LogP contribution in [0.4, 0.5) is 5.69 Å². The van der Waals surface area contributed by atoms with Crippen LogP contribution in [0, 0.1) is 6.92 Å². The highest BCUT2D eigenvalue weighted by molar-refractivity contribution is 8.17. The third-order valence-electron chi connectivity index (χ3n) is 4.21. The van der Waals surface area contributed by atoms with E-state index in [-0.39, 0.29) is 11.9 Å². The predicted octanol–water partition coefficient (Wildman–Crippen LogP) is 3.23. The van der Waals surface area contributed by atoms with E-state index in [9.17, 15) is 4.79 Å². The van der Waals surface area contributed by atoms with Crippen molar-refractivity contribution in [1.29, 1.82) is 0 Å². The molecule has 7 heteroatoms. The zero-order chi connectivity index (χ0) is 17.0. The Morgan fingerprint density at radius 2 is 2.00 bits per heavy atom. The zero-order valence-corrected chi connectivity index (χ0v) is 16.2. The van der Waals surface area contributed by atoms with E-state index in [2.05, 4.69) is 18.9 Å². The van der Waals surface area contributed by atoms with Crippen molar-refractivity contribution in [3.63, 3.8) is 0 Å². The minimum atomic E-state index is 0.0471. The summed E-state index contributed by atoms with van der Waals surface area (Å²) in [5, 5.41) is 4.40. The van der Waals surface area contributed by atoms with Crippen molar-refractivity contribution in [2.24, 2.45) is 0 Å². The second-order valence-corrected chi connectivity index (χ2v) is 8.79. The van der Waals surface area contributed by atoms with Gasteiger partial charge in [0, 0.05) is 13.1 Å². The molecule has 0 aromatic carbocycles. The number of rotatable bonds is 7. The average molecular weight is 357 g/mol. The van der Waals surface area contributed by atoms with Crippen molar-refractivity contribution in [1.82, 2.24) is 14.7 Å². The first-order valence-electron chi connectivity index (χ1n) is 8.42. The molecule has 23 heavy (non-hydrogen) atoms.